The number of hydrogen-bond acceptors (Lipinski definition) is 3. The fourth-order valence-corrected chi connectivity index (χ4v) is 2.70. The minimum Gasteiger partial charge on any atom is -0.465 e. The maximum atomic E-state index is 12.5. The van der Waals surface area contributed by atoms with Crippen molar-refractivity contribution in [3.8, 4) is 12.3 Å². The SMILES string of the molecule is C#CCCCC(C(=O)OCC)C(=O)C1CCCCC1. The van der Waals surface area contributed by atoms with Gasteiger partial charge < -0.3 is 4.74 Å². The molecule has 1 saturated carbocycles. The van der Waals surface area contributed by atoms with Crippen LogP contribution >= 0.6 is 0 Å². The second-order valence-corrected chi connectivity index (χ2v) is 5.14. The number of hydrogen-bond donors (Lipinski definition) is 0. The number of carbonyl (C=O) groups is 2. The largest absolute Gasteiger partial charge is 0.465 e. The predicted molar refractivity (Wildman–Crippen MR) is 74.4 cm³/mol. The summed E-state index contributed by atoms with van der Waals surface area (Å²) in [4.78, 5) is 24.4. The van der Waals surface area contributed by atoms with Crippen molar-refractivity contribution >= 4 is 11.8 Å². The molecule has 19 heavy (non-hydrogen) atoms. The van der Waals surface area contributed by atoms with Gasteiger partial charge in [0, 0.05) is 12.3 Å². The van der Waals surface area contributed by atoms with E-state index >= 15 is 0 Å². The Labute approximate surface area is 116 Å². The van der Waals surface area contributed by atoms with E-state index in [-0.39, 0.29) is 17.7 Å². The van der Waals surface area contributed by atoms with Crippen molar-refractivity contribution in [1.29, 1.82) is 0 Å². The van der Waals surface area contributed by atoms with Crippen LogP contribution in [0.3, 0.4) is 0 Å². The average molecular weight is 264 g/mol. The molecule has 0 spiro atoms. The van der Waals surface area contributed by atoms with E-state index in [1.807, 2.05) is 0 Å². The predicted octanol–water partition coefficient (Wildman–Crippen LogP) is 3.12. The van der Waals surface area contributed by atoms with E-state index in [1.165, 1.54) is 6.42 Å². The van der Waals surface area contributed by atoms with E-state index < -0.39 is 5.92 Å². The van der Waals surface area contributed by atoms with Crippen LogP contribution in [0, 0.1) is 24.2 Å². The third-order valence-electron chi connectivity index (χ3n) is 3.74. The Hall–Kier alpha value is -1.30. The van der Waals surface area contributed by atoms with Crippen molar-refractivity contribution in [2.24, 2.45) is 11.8 Å². The lowest BCUT2D eigenvalue weighted by Crippen LogP contribution is -2.32. The molecule has 1 fully saturated rings. The van der Waals surface area contributed by atoms with Crippen LogP contribution < -0.4 is 0 Å². The second-order valence-electron chi connectivity index (χ2n) is 5.14. The molecule has 3 heteroatoms. The Morgan fingerprint density at radius 1 is 1.32 bits per heavy atom. The van der Waals surface area contributed by atoms with Crippen molar-refractivity contribution in [3.05, 3.63) is 0 Å². The van der Waals surface area contributed by atoms with Crippen LogP contribution in [-0.2, 0) is 14.3 Å². The molecule has 0 aromatic carbocycles. The number of terminal acetylenes is 1. The van der Waals surface area contributed by atoms with Gasteiger partial charge in [-0.05, 0) is 32.6 Å². The second kappa shape index (κ2) is 8.74. The van der Waals surface area contributed by atoms with Crippen LogP contribution in [0.2, 0.25) is 0 Å². The molecule has 0 aromatic rings. The molecule has 0 heterocycles. The summed E-state index contributed by atoms with van der Waals surface area (Å²) < 4.78 is 5.04. The minimum atomic E-state index is -0.601. The fraction of sp³-hybridized carbons (Fsp3) is 0.750. The summed E-state index contributed by atoms with van der Waals surface area (Å²) in [5.41, 5.74) is 0. The average Bonchev–Trinajstić information content (AvgIpc) is 2.44. The first-order valence-corrected chi connectivity index (χ1v) is 7.34. The molecular weight excluding hydrogens is 240 g/mol. The van der Waals surface area contributed by atoms with Gasteiger partial charge in [0.05, 0.1) is 6.61 Å². The lowest BCUT2D eigenvalue weighted by Gasteiger charge is -2.24. The third-order valence-corrected chi connectivity index (χ3v) is 3.74. The summed E-state index contributed by atoms with van der Waals surface area (Å²) in [6, 6.07) is 0. The van der Waals surface area contributed by atoms with Crippen molar-refractivity contribution in [1.82, 2.24) is 0 Å². The summed E-state index contributed by atoms with van der Waals surface area (Å²) in [5.74, 6) is 1.71. The fourth-order valence-electron chi connectivity index (χ4n) is 2.70. The highest BCUT2D eigenvalue weighted by Crippen LogP contribution is 2.28. The highest BCUT2D eigenvalue weighted by molar-refractivity contribution is 6.00. The van der Waals surface area contributed by atoms with Gasteiger partial charge in [-0.15, -0.1) is 12.3 Å². The number of unbranched alkanes of at least 4 members (excludes halogenated alkanes) is 1. The molecule has 1 atom stereocenters. The maximum Gasteiger partial charge on any atom is 0.316 e. The zero-order chi connectivity index (χ0) is 14.1. The van der Waals surface area contributed by atoms with Crippen LogP contribution in [0.4, 0.5) is 0 Å². The van der Waals surface area contributed by atoms with Crippen LogP contribution in [0.5, 0.6) is 0 Å². The number of esters is 1. The van der Waals surface area contributed by atoms with Crippen molar-refractivity contribution in [3.63, 3.8) is 0 Å². The van der Waals surface area contributed by atoms with Gasteiger partial charge in [-0.2, -0.15) is 0 Å². The van der Waals surface area contributed by atoms with Crippen LogP contribution in [0.15, 0.2) is 0 Å². The van der Waals surface area contributed by atoms with Crippen molar-refractivity contribution in [2.75, 3.05) is 6.61 Å². The van der Waals surface area contributed by atoms with Crippen LogP contribution in [0.1, 0.15) is 58.3 Å². The van der Waals surface area contributed by atoms with Crippen molar-refractivity contribution in [2.45, 2.75) is 58.3 Å². The summed E-state index contributed by atoms with van der Waals surface area (Å²) in [7, 11) is 0. The van der Waals surface area contributed by atoms with E-state index in [0.717, 1.165) is 25.7 Å². The highest BCUT2D eigenvalue weighted by Gasteiger charge is 2.33. The quantitative estimate of drug-likeness (QED) is 0.307. The molecule has 106 valence electrons. The van der Waals surface area contributed by atoms with E-state index in [1.54, 1.807) is 6.92 Å². The summed E-state index contributed by atoms with van der Waals surface area (Å²) in [6.45, 7) is 2.09. The monoisotopic (exact) mass is 264 g/mol. The smallest absolute Gasteiger partial charge is 0.316 e. The van der Waals surface area contributed by atoms with Gasteiger partial charge in [-0.3, -0.25) is 9.59 Å². The topological polar surface area (TPSA) is 43.4 Å². The van der Waals surface area contributed by atoms with Gasteiger partial charge in [-0.1, -0.05) is 19.3 Å². The molecule has 1 aliphatic rings. The number of ketones is 1. The van der Waals surface area contributed by atoms with Gasteiger partial charge in [-0.25, -0.2) is 0 Å². The first kappa shape index (κ1) is 15.8. The lowest BCUT2D eigenvalue weighted by atomic mass is 9.80. The van der Waals surface area contributed by atoms with E-state index in [9.17, 15) is 9.59 Å². The summed E-state index contributed by atoms with van der Waals surface area (Å²) >= 11 is 0. The Morgan fingerprint density at radius 3 is 2.58 bits per heavy atom. The minimum absolute atomic E-state index is 0.0500. The number of ether oxygens (including phenoxy) is 1. The molecule has 3 nitrogen and oxygen atoms in total. The third kappa shape index (κ3) is 5.06. The Balaban J connectivity index is 2.62. The molecule has 0 aliphatic heterocycles. The zero-order valence-electron chi connectivity index (χ0n) is 11.8. The molecule has 0 saturated heterocycles. The van der Waals surface area contributed by atoms with E-state index in [0.29, 0.717) is 25.9 Å². The van der Waals surface area contributed by atoms with Crippen molar-refractivity contribution < 1.29 is 14.3 Å². The molecule has 1 rings (SSSR count). The Kier molecular flexibility index (Phi) is 7.25. The summed E-state index contributed by atoms with van der Waals surface area (Å²) in [6.07, 6.45) is 12.3. The first-order chi connectivity index (χ1) is 9.20. The molecule has 0 amide bonds. The molecule has 1 unspecified atom stereocenters. The van der Waals surface area contributed by atoms with Gasteiger partial charge in [0.25, 0.3) is 0 Å². The van der Waals surface area contributed by atoms with Crippen LogP contribution in [0.25, 0.3) is 0 Å². The standard InChI is InChI=1S/C16H24O3/c1-3-5-7-12-14(16(18)19-4-2)15(17)13-10-8-6-9-11-13/h1,13-14H,4-12H2,2H3. The number of Topliss-reactive ketones (excluding diaryl/α,β-unsaturated/α-hetero) is 1. The summed E-state index contributed by atoms with van der Waals surface area (Å²) in [5, 5.41) is 0. The zero-order valence-corrected chi connectivity index (χ0v) is 11.8. The van der Waals surface area contributed by atoms with Gasteiger partial charge in [0.2, 0.25) is 0 Å². The molecule has 0 aromatic heterocycles. The van der Waals surface area contributed by atoms with E-state index in [4.69, 9.17) is 11.2 Å². The van der Waals surface area contributed by atoms with E-state index in [2.05, 4.69) is 5.92 Å². The lowest BCUT2D eigenvalue weighted by molar-refractivity contribution is -0.153. The van der Waals surface area contributed by atoms with Gasteiger partial charge in [0.15, 0.2) is 0 Å². The Bertz CT molecular complexity index is 334. The molecular formula is C16H24O3. The van der Waals surface area contributed by atoms with Gasteiger partial charge in [0.1, 0.15) is 11.7 Å². The van der Waals surface area contributed by atoms with Gasteiger partial charge >= 0.3 is 5.97 Å². The molecule has 0 bridgehead atoms. The molecule has 0 N–H and O–H groups in total. The molecule has 1 aliphatic carbocycles. The first-order valence-electron chi connectivity index (χ1n) is 7.34. The molecule has 0 radical (unpaired) electrons. The normalized spacial score (nSPS) is 17.5. The maximum absolute atomic E-state index is 12.5. The Morgan fingerprint density at radius 2 is 2.00 bits per heavy atom. The number of rotatable bonds is 7. The highest BCUT2D eigenvalue weighted by atomic mass is 16.5. The number of carbonyl (C=O) groups excluding carboxylic acids is 2. The van der Waals surface area contributed by atoms with Crippen LogP contribution in [-0.4, -0.2) is 18.4 Å².